The summed E-state index contributed by atoms with van der Waals surface area (Å²) >= 11 is 0. The summed E-state index contributed by atoms with van der Waals surface area (Å²) in [6, 6.07) is 2.34. The van der Waals surface area contributed by atoms with Gasteiger partial charge in [0.2, 0.25) is 35.4 Å². The Hall–Kier alpha value is -4.50. The van der Waals surface area contributed by atoms with Crippen LogP contribution < -0.4 is 26.6 Å². The molecule has 3 aliphatic heterocycles. The van der Waals surface area contributed by atoms with Gasteiger partial charge in [-0.1, -0.05) is 32.0 Å². The summed E-state index contributed by atoms with van der Waals surface area (Å²) < 4.78 is 5.50. The maximum atomic E-state index is 14.1. The molecule has 0 aliphatic carbocycles. The van der Waals surface area contributed by atoms with Gasteiger partial charge in [-0.3, -0.25) is 28.8 Å². The number of amides is 6. The monoisotopic (exact) mass is 709 g/mol. The van der Waals surface area contributed by atoms with E-state index >= 15 is 0 Å². The molecule has 3 aliphatic rings. The molecular formula is C36H51N7O8. The molecule has 0 saturated carbocycles. The van der Waals surface area contributed by atoms with E-state index in [1.54, 1.807) is 6.20 Å². The number of rotatable bonds is 6. The quantitative estimate of drug-likeness (QED) is 0.219. The Labute approximate surface area is 297 Å². The fourth-order valence-corrected chi connectivity index (χ4v) is 7.00. The average Bonchev–Trinajstić information content (AvgIpc) is 3.86. The number of benzene rings is 1. The maximum Gasteiger partial charge on any atom is 0.249 e. The SMILES string of the molecule is CC(C)C[C@H]1NC(=O)[C@H](Cc2c[nH]c3ccccc23)NC(=O)[C@@H](C)NC(=O)[C@@H](NC(=O)[C@@H]2CCCO2)CCCCNC(=O)[C@@H]2C[C@@H](O)CN2C1=O. The van der Waals surface area contributed by atoms with Crippen LogP contribution in [0.15, 0.2) is 30.5 Å². The number of fused-ring (bicyclic) bond motifs is 2. The molecule has 15 nitrogen and oxygen atoms in total. The smallest absolute Gasteiger partial charge is 0.249 e. The Bertz CT molecular complexity index is 1590. The van der Waals surface area contributed by atoms with E-state index in [9.17, 15) is 33.9 Å². The molecule has 1 aromatic carbocycles. The molecule has 278 valence electrons. The van der Waals surface area contributed by atoms with Crippen LogP contribution in [0.3, 0.4) is 0 Å². The van der Waals surface area contributed by atoms with Gasteiger partial charge in [0, 0.05) is 49.6 Å². The van der Waals surface area contributed by atoms with Gasteiger partial charge in [-0.15, -0.1) is 0 Å². The number of hydrogen-bond donors (Lipinski definition) is 7. The Morgan fingerprint density at radius 1 is 0.961 bits per heavy atom. The predicted molar refractivity (Wildman–Crippen MR) is 187 cm³/mol. The van der Waals surface area contributed by atoms with E-state index in [0.717, 1.165) is 22.9 Å². The van der Waals surface area contributed by atoms with Crippen LogP contribution in [0.5, 0.6) is 0 Å². The molecule has 3 fully saturated rings. The molecule has 0 unspecified atom stereocenters. The highest BCUT2D eigenvalue weighted by atomic mass is 16.5. The fourth-order valence-electron chi connectivity index (χ4n) is 7.00. The van der Waals surface area contributed by atoms with Crippen LogP contribution in [0.4, 0.5) is 0 Å². The number of H-pyrrole nitrogens is 1. The van der Waals surface area contributed by atoms with Crippen molar-refractivity contribution in [3.63, 3.8) is 0 Å². The number of nitrogens with zero attached hydrogens (tertiary/aromatic N) is 1. The molecule has 7 atom stereocenters. The van der Waals surface area contributed by atoms with Crippen LogP contribution in [0.1, 0.15) is 71.3 Å². The van der Waals surface area contributed by atoms with Crippen molar-refractivity contribution in [3.8, 4) is 0 Å². The molecule has 0 bridgehead atoms. The van der Waals surface area contributed by atoms with Crippen molar-refractivity contribution in [1.82, 2.24) is 36.5 Å². The standard InChI is InChI=1S/C36H51N7O8/c1-20(2)15-28-36(50)43-19-23(44)17-29(43)34(48)37-13-7-6-11-26(40-35(49)30-12-8-14-51-30)32(46)39-21(3)31(45)41-27(33(47)42-28)16-22-18-38-25-10-5-4-9-24(22)25/h4-5,9-10,18,20-21,23,26-30,38,44H,6-8,11-17,19H2,1-3H3,(H,37,48)(H,39,46)(H,40,49)(H,41,45)(H,42,47)/t21-,23-,26+,27+,28-,29+,30+/m1/s1. The lowest BCUT2D eigenvalue weighted by Gasteiger charge is -2.30. The van der Waals surface area contributed by atoms with Gasteiger partial charge in [-0.05, 0) is 63.0 Å². The Kier molecular flexibility index (Phi) is 12.7. The van der Waals surface area contributed by atoms with Crippen molar-refractivity contribution in [2.24, 2.45) is 5.92 Å². The van der Waals surface area contributed by atoms with Crippen molar-refractivity contribution in [2.75, 3.05) is 19.7 Å². The van der Waals surface area contributed by atoms with Gasteiger partial charge < -0.3 is 46.3 Å². The van der Waals surface area contributed by atoms with E-state index in [0.29, 0.717) is 25.9 Å². The van der Waals surface area contributed by atoms with E-state index < -0.39 is 77.9 Å². The van der Waals surface area contributed by atoms with Crippen LogP contribution >= 0.6 is 0 Å². The van der Waals surface area contributed by atoms with E-state index in [4.69, 9.17) is 4.74 Å². The molecule has 1 aromatic heterocycles. The fraction of sp³-hybridized carbons (Fsp3) is 0.611. The van der Waals surface area contributed by atoms with Crippen molar-refractivity contribution >= 4 is 46.3 Å². The molecule has 6 amide bonds. The van der Waals surface area contributed by atoms with Crippen LogP contribution in [0.25, 0.3) is 10.9 Å². The number of para-hydroxylation sites is 1. The minimum Gasteiger partial charge on any atom is -0.391 e. The van der Waals surface area contributed by atoms with Crippen molar-refractivity contribution < 1.29 is 38.6 Å². The van der Waals surface area contributed by atoms with Crippen LogP contribution in [-0.2, 0) is 39.9 Å². The summed E-state index contributed by atoms with van der Waals surface area (Å²) in [5, 5.41) is 25.4. The second kappa shape index (κ2) is 17.1. The summed E-state index contributed by atoms with van der Waals surface area (Å²) in [4.78, 5) is 86.1. The first-order valence-corrected chi connectivity index (χ1v) is 18.1. The molecule has 4 heterocycles. The van der Waals surface area contributed by atoms with Crippen LogP contribution in [0.2, 0.25) is 0 Å². The van der Waals surface area contributed by atoms with Crippen molar-refractivity contribution in [1.29, 1.82) is 0 Å². The zero-order chi connectivity index (χ0) is 36.7. The number of aliphatic hydroxyl groups excluding tert-OH is 1. The topological polar surface area (TPSA) is 211 Å². The maximum absolute atomic E-state index is 14.1. The molecule has 0 spiro atoms. The molecule has 15 heteroatoms. The number of aromatic amines is 1. The molecule has 5 rings (SSSR count). The van der Waals surface area contributed by atoms with Crippen LogP contribution in [0, 0.1) is 5.92 Å². The number of hydrogen-bond acceptors (Lipinski definition) is 8. The van der Waals surface area contributed by atoms with Crippen molar-refractivity contribution in [3.05, 3.63) is 36.0 Å². The number of nitrogens with one attached hydrogen (secondary N) is 6. The normalized spacial score (nSPS) is 29.0. The van der Waals surface area contributed by atoms with Gasteiger partial charge in [0.15, 0.2) is 0 Å². The van der Waals surface area contributed by atoms with Gasteiger partial charge in [-0.2, -0.15) is 0 Å². The lowest BCUT2D eigenvalue weighted by atomic mass is 10.00. The molecular weight excluding hydrogens is 658 g/mol. The van der Waals surface area contributed by atoms with Crippen molar-refractivity contribution in [2.45, 2.75) is 115 Å². The number of aromatic nitrogens is 1. The van der Waals surface area contributed by atoms with E-state index in [1.165, 1.54) is 11.8 Å². The predicted octanol–water partition coefficient (Wildman–Crippen LogP) is 0.157. The minimum absolute atomic E-state index is 0.0220. The third-order valence-corrected chi connectivity index (χ3v) is 9.74. The second-order valence-electron chi connectivity index (χ2n) is 14.3. The summed E-state index contributed by atoms with van der Waals surface area (Å²) in [7, 11) is 0. The van der Waals surface area contributed by atoms with Gasteiger partial charge in [0.1, 0.15) is 36.3 Å². The zero-order valence-electron chi connectivity index (χ0n) is 29.5. The third kappa shape index (κ3) is 9.64. The van der Waals surface area contributed by atoms with Gasteiger partial charge in [-0.25, -0.2) is 0 Å². The van der Waals surface area contributed by atoms with Gasteiger partial charge >= 0.3 is 0 Å². The highest BCUT2D eigenvalue weighted by molar-refractivity contribution is 5.97. The first kappa shape index (κ1) is 37.7. The number of aliphatic hydroxyl groups is 1. The third-order valence-electron chi connectivity index (χ3n) is 9.74. The summed E-state index contributed by atoms with van der Waals surface area (Å²) in [6.07, 6.45) is 2.97. The van der Waals surface area contributed by atoms with Gasteiger partial charge in [0.25, 0.3) is 0 Å². The summed E-state index contributed by atoms with van der Waals surface area (Å²) in [5.74, 6) is -3.16. The molecule has 0 radical (unpaired) electrons. The minimum atomic E-state index is -1.15. The summed E-state index contributed by atoms with van der Waals surface area (Å²) in [6.45, 7) is 5.94. The Morgan fingerprint density at radius 2 is 1.73 bits per heavy atom. The number of carbonyl (C=O) groups is 6. The second-order valence-corrected chi connectivity index (χ2v) is 14.3. The zero-order valence-corrected chi connectivity index (χ0v) is 29.5. The molecule has 2 aromatic rings. The molecule has 7 N–H and O–H groups in total. The average molecular weight is 710 g/mol. The number of ether oxygens (including phenoxy) is 1. The highest BCUT2D eigenvalue weighted by Crippen LogP contribution is 2.23. The highest BCUT2D eigenvalue weighted by Gasteiger charge is 2.42. The van der Waals surface area contributed by atoms with E-state index in [2.05, 4.69) is 31.6 Å². The summed E-state index contributed by atoms with van der Waals surface area (Å²) in [5.41, 5.74) is 1.60. The lowest BCUT2D eigenvalue weighted by Crippen LogP contribution is -2.59. The first-order chi connectivity index (χ1) is 24.4. The van der Waals surface area contributed by atoms with Crippen LogP contribution in [-0.4, -0.2) is 113 Å². The Balaban J connectivity index is 1.43. The molecule has 3 saturated heterocycles. The largest absolute Gasteiger partial charge is 0.391 e. The Morgan fingerprint density at radius 3 is 2.47 bits per heavy atom. The van der Waals surface area contributed by atoms with E-state index in [1.807, 2.05) is 38.1 Å². The number of carbonyl (C=O) groups excluding carboxylic acids is 6. The molecule has 51 heavy (non-hydrogen) atoms. The van der Waals surface area contributed by atoms with E-state index in [-0.39, 0.29) is 44.7 Å². The lowest BCUT2D eigenvalue weighted by molar-refractivity contribution is -0.142. The first-order valence-electron chi connectivity index (χ1n) is 18.1. The van der Waals surface area contributed by atoms with Gasteiger partial charge in [0.05, 0.1) is 6.10 Å².